The topological polar surface area (TPSA) is 12.0 Å². The van der Waals surface area contributed by atoms with Gasteiger partial charge in [0.05, 0.1) is 6.04 Å². The lowest BCUT2D eigenvalue weighted by molar-refractivity contribution is 0.606. The van der Waals surface area contributed by atoms with Gasteiger partial charge in [-0.05, 0) is 79.4 Å². The van der Waals surface area contributed by atoms with Gasteiger partial charge >= 0.3 is 0 Å². The van der Waals surface area contributed by atoms with Crippen molar-refractivity contribution in [2.24, 2.45) is 0 Å². The van der Waals surface area contributed by atoms with E-state index in [0.717, 1.165) is 27.7 Å². The molecule has 0 aliphatic rings. The minimum absolute atomic E-state index is 0.0757. The molecule has 2 rings (SSSR count). The molecule has 0 heterocycles. The molecule has 1 unspecified atom stereocenters. The average molecular weight is 350 g/mol. The van der Waals surface area contributed by atoms with Crippen LogP contribution in [0, 0.1) is 26.6 Å². The van der Waals surface area contributed by atoms with Gasteiger partial charge in [0.1, 0.15) is 5.82 Å². The number of rotatable bonds is 4. The molecule has 21 heavy (non-hydrogen) atoms. The van der Waals surface area contributed by atoms with Crippen molar-refractivity contribution >= 4 is 15.9 Å². The summed E-state index contributed by atoms with van der Waals surface area (Å²) >= 11 is 3.57. The summed E-state index contributed by atoms with van der Waals surface area (Å²) in [4.78, 5) is 0. The van der Waals surface area contributed by atoms with Crippen molar-refractivity contribution in [1.82, 2.24) is 5.32 Å². The number of hydrogen-bond donors (Lipinski definition) is 1. The van der Waals surface area contributed by atoms with Crippen molar-refractivity contribution < 1.29 is 4.39 Å². The second-order valence-electron chi connectivity index (χ2n) is 5.51. The second kappa shape index (κ2) is 6.71. The molecule has 0 saturated carbocycles. The van der Waals surface area contributed by atoms with E-state index in [1.165, 1.54) is 11.1 Å². The van der Waals surface area contributed by atoms with Crippen LogP contribution in [-0.2, 0) is 0 Å². The molecular weight excluding hydrogens is 329 g/mol. The van der Waals surface area contributed by atoms with Crippen LogP contribution in [0.15, 0.2) is 34.8 Å². The zero-order valence-electron chi connectivity index (χ0n) is 12.9. The Kier molecular flexibility index (Phi) is 5.17. The van der Waals surface area contributed by atoms with Crippen LogP contribution in [-0.4, -0.2) is 6.54 Å². The first-order chi connectivity index (χ1) is 9.92. The Hall–Kier alpha value is -1.19. The predicted octanol–water partition coefficient (Wildman–Crippen LogP) is 5.21. The fourth-order valence-corrected chi connectivity index (χ4v) is 3.52. The lowest BCUT2D eigenvalue weighted by atomic mass is 9.90. The summed E-state index contributed by atoms with van der Waals surface area (Å²) in [5, 5.41) is 3.53. The molecular formula is C18H21BrFN. The zero-order valence-corrected chi connectivity index (χ0v) is 14.5. The van der Waals surface area contributed by atoms with Gasteiger partial charge < -0.3 is 5.32 Å². The molecule has 3 heteroatoms. The van der Waals surface area contributed by atoms with Crippen LogP contribution in [0.2, 0.25) is 0 Å². The van der Waals surface area contributed by atoms with Gasteiger partial charge in [-0.25, -0.2) is 4.39 Å². The first-order valence-electron chi connectivity index (χ1n) is 7.19. The minimum atomic E-state index is -0.172. The summed E-state index contributed by atoms with van der Waals surface area (Å²) < 4.78 is 14.6. The molecule has 0 saturated heterocycles. The van der Waals surface area contributed by atoms with Crippen LogP contribution in [0.4, 0.5) is 4.39 Å². The SMILES string of the molecule is CCNC(c1cc(C)cc(Br)c1)c1c(C)cc(F)cc1C. The minimum Gasteiger partial charge on any atom is -0.307 e. The summed E-state index contributed by atoms with van der Waals surface area (Å²) in [6.45, 7) is 8.97. The van der Waals surface area contributed by atoms with Gasteiger partial charge in [0, 0.05) is 4.47 Å². The van der Waals surface area contributed by atoms with Gasteiger partial charge in [-0.15, -0.1) is 0 Å². The Morgan fingerprint density at radius 2 is 1.67 bits per heavy atom. The molecule has 0 aliphatic carbocycles. The fourth-order valence-electron chi connectivity index (χ4n) is 2.90. The van der Waals surface area contributed by atoms with Crippen LogP contribution in [0.1, 0.15) is 40.8 Å². The lowest BCUT2D eigenvalue weighted by Crippen LogP contribution is -2.24. The molecule has 0 radical (unpaired) electrons. The highest BCUT2D eigenvalue weighted by atomic mass is 79.9. The molecule has 112 valence electrons. The maximum Gasteiger partial charge on any atom is 0.123 e. The largest absolute Gasteiger partial charge is 0.307 e. The zero-order chi connectivity index (χ0) is 15.6. The maximum absolute atomic E-state index is 13.6. The molecule has 2 aromatic carbocycles. The first-order valence-corrected chi connectivity index (χ1v) is 7.98. The third-order valence-electron chi connectivity index (χ3n) is 3.65. The number of aryl methyl sites for hydroxylation is 3. The Morgan fingerprint density at radius 3 is 2.19 bits per heavy atom. The standard InChI is InChI=1S/C18H21BrFN/c1-5-21-18(14-6-11(2)7-15(19)10-14)17-12(3)8-16(20)9-13(17)4/h6-10,18,21H,5H2,1-4H3. The van der Waals surface area contributed by atoms with Crippen molar-refractivity contribution in [1.29, 1.82) is 0 Å². The molecule has 2 aromatic rings. The van der Waals surface area contributed by atoms with Gasteiger partial charge in [0.15, 0.2) is 0 Å². The Balaban J connectivity index is 2.58. The van der Waals surface area contributed by atoms with E-state index in [0.29, 0.717) is 0 Å². The van der Waals surface area contributed by atoms with Crippen molar-refractivity contribution in [3.05, 3.63) is 68.4 Å². The molecule has 0 aliphatic heterocycles. The number of nitrogens with one attached hydrogen (secondary N) is 1. The highest BCUT2D eigenvalue weighted by molar-refractivity contribution is 9.10. The van der Waals surface area contributed by atoms with Crippen molar-refractivity contribution in [2.45, 2.75) is 33.7 Å². The lowest BCUT2D eigenvalue weighted by Gasteiger charge is -2.24. The van der Waals surface area contributed by atoms with E-state index < -0.39 is 0 Å². The Bertz CT molecular complexity index is 608. The van der Waals surface area contributed by atoms with Crippen LogP contribution in [0.5, 0.6) is 0 Å². The van der Waals surface area contributed by atoms with E-state index in [1.54, 1.807) is 12.1 Å². The summed E-state index contributed by atoms with van der Waals surface area (Å²) in [6.07, 6.45) is 0. The van der Waals surface area contributed by atoms with Crippen LogP contribution in [0.3, 0.4) is 0 Å². The Labute approximate surface area is 134 Å². The quantitative estimate of drug-likeness (QED) is 0.798. The summed E-state index contributed by atoms with van der Waals surface area (Å²) in [6, 6.07) is 9.70. The second-order valence-corrected chi connectivity index (χ2v) is 6.42. The van der Waals surface area contributed by atoms with Gasteiger partial charge in [-0.2, -0.15) is 0 Å². The fraction of sp³-hybridized carbons (Fsp3) is 0.333. The van der Waals surface area contributed by atoms with E-state index in [9.17, 15) is 4.39 Å². The third-order valence-corrected chi connectivity index (χ3v) is 4.11. The van der Waals surface area contributed by atoms with Crippen molar-refractivity contribution in [2.75, 3.05) is 6.54 Å². The monoisotopic (exact) mass is 349 g/mol. The number of benzene rings is 2. The molecule has 0 amide bonds. The third kappa shape index (κ3) is 3.72. The molecule has 0 bridgehead atoms. The van der Waals surface area contributed by atoms with Gasteiger partial charge in [0.2, 0.25) is 0 Å². The van der Waals surface area contributed by atoms with Crippen molar-refractivity contribution in [3.63, 3.8) is 0 Å². The summed E-state index contributed by atoms with van der Waals surface area (Å²) in [7, 11) is 0. The Morgan fingerprint density at radius 1 is 1.05 bits per heavy atom. The highest BCUT2D eigenvalue weighted by Crippen LogP contribution is 2.30. The summed E-state index contributed by atoms with van der Waals surface area (Å²) in [5.74, 6) is -0.172. The maximum atomic E-state index is 13.6. The number of hydrogen-bond acceptors (Lipinski definition) is 1. The van der Waals surface area contributed by atoms with E-state index >= 15 is 0 Å². The summed E-state index contributed by atoms with van der Waals surface area (Å²) in [5.41, 5.74) is 5.53. The van der Waals surface area contributed by atoms with Crippen LogP contribution < -0.4 is 5.32 Å². The van der Waals surface area contributed by atoms with Crippen LogP contribution in [0.25, 0.3) is 0 Å². The molecule has 0 spiro atoms. The predicted molar refractivity (Wildman–Crippen MR) is 90.3 cm³/mol. The van der Waals surface area contributed by atoms with Gasteiger partial charge in [-0.3, -0.25) is 0 Å². The molecule has 1 nitrogen and oxygen atoms in total. The van der Waals surface area contributed by atoms with Crippen LogP contribution >= 0.6 is 15.9 Å². The average Bonchev–Trinajstić information content (AvgIpc) is 2.35. The molecule has 1 N–H and O–H groups in total. The molecule has 0 aromatic heterocycles. The van der Waals surface area contributed by atoms with E-state index in [1.807, 2.05) is 13.8 Å². The number of halogens is 2. The normalized spacial score (nSPS) is 12.5. The van der Waals surface area contributed by atoms with E-state index in [4.69, 9.17) is 0 Å². The van der Waals surface area contributed by atoms with E-state index in [-0.39, 0.29) is 11.9 Å². The molecule has 0 fully saturated rings. The van der Waals surface area contributed by atoms with Gasteiger partial charge in [-0.1, -0.05) is 28.9 Å². The highest BCUT2D eigenvalue weighted by Gasteiger charge is 2.19. The van der Waals surface area contributed by atoms with Gasteiger partial charge in [0.25, 0.3) is 0 Å². The van der Waals surface area contributed by atoms with E-state index in [2.05, 4.69) is 53.3 Å². The van der Waals surface area contributed by atoms with Crippen molar-refractivity contribution in [3.8, 4) is 0 Å². The molecule has 1 atom stereocenters. The smallest absolute Gasteiger partial charge is 0.123 e. The first kappa shape index (κ1) is 16.2.